The van der Waals surface area contributed by atoms with Gasteiger partial charge in [-0.3, -0.25) is 4.57 Å². The Morgan fingerprint density at radius 3 is 2.06 bits per heavy atom. The van der Waals surface area contributed by atoms with Gasteiger partial charge in [0.1, 0.15) is 6.07 Å². The molecule has 16 heavy (non-hydrogen) atoms. The lowest BCUT2D eigenvalue weighted by Crippen LogP contribution is -2.30. The summed E-state index contributed by atoms with van der Waals surface area (Å²) < 4.78 is 16.2. The molecule has 0 N–H and O–H groups in total. The minimum atomic E-state index is -2.83. The van der Waals surface area contributed by atoms with Crippen LogP contribution in [0, 0.1) is 11.3 Å². The first kappa shape index (κ1) is 12.9. The lowest BCUT2D eigenvalue weighted by molar-refractivity contribution is 0.460. The SMILES string of the molecule is CN(C)P(=O)(c1ccccc1C#N)N(C)C. The van der Waals surface area contributed by atoms with Crippen molar-refractivity contribution in [3.05, 3.63) is 29.8 Å². The standard InChI is InChI=1S/C11H16N3OP/c1-13(2)16(15,14(3)4)11-8-6-5-7-10(11)9-12/h5-8H,1-4H3. The van der Waals surface area contributed by atoms with Gasteiger partial charge in [-0.15, -0.1) is 0 Å². The lowest BCUT2D eigenvalue weighted by atomic mass is 10.2. The number of hydrogen-bond acceptors (Lipinski definition) is 2. The Bertz CT molecular complexity index is 451. The van der Waals surface area contributed by atoms with Gasteiger partial charge in [0.25, 0.3) is 0 Å². The monoisotopic (exact) mass is 237 g/mol. The van der Waals surface area contributed by atoms with Crippen molar-refractivity contribution in [3.63, 3.8) is 0 Å². The smallest absolute Gasteiger partial charge is 0.246 e. The maximum Gasteiger partial charge on any atom is 0.246 e. The zero-order valence-electron chi connectivity index (χ0n) is 10.0. The van der Waals surface area contributed by atoms with Crippen LogP contribution >= 0.6 is 7.44 Å². The fourth-order valence-electron chi connectivity index (χ4n) is 1.61. The van der Waals surface area contributed by atoms with Gasteiger partial charge in [0.15, 0.2) is 0 Å². The molecular weight excluding hydrogens is 221 g/mol. The molecule has 0 spiro atoms. The molecule has 1 aromatic rings. The highest BCUT2D eigenvalue weighted by Gasteiger charge is 2.32. The maximum atomic E-state index is 12.9. The van der Waals surface area contributed by atoms with Crippen molar-refractivity contribution in [2.24, 2.45) is 0 Å². The van der Waals surface area contributed by atoms with Crippen molar-refractivity contribution in [2.75, 3.05) is 28.2 Å². The molecule has 0 heterocycles. The van der Waals surface area contributed by atoms with Gasteiger partial charge >= 0.3 is 0 Å². The average Bonchev–Trinajstić information content (AvgIpc) is 2.27. The van der Waals surface area contributed by atoms with Crippen LogP contribution in [-0.2, 0) is 4.57 Å². The van der Waals surface area contributed by atoms with Crippen molar-refractivity contribution in [2.45, 2.75) is 0 Å². The van der Waals surface area contributed by atoms with Crippen molar-refractivity contribution in [1.82, 2.24) is 9.34 Å². The van der Waals surface area contributed by atoms with Crippen LogP contribution in [0.15, 0.2) is 24.3 Å². The number of nitriles is 1. The zero-order chi connectivity index (χ0) is 12.3. The maximum absolute atomic E-state index is 12.9. The van der Waals surface area contributed by atoms with E-state index in [4.69, 9.17) is 5.26 Å². The van der Waals surface area contributed by atoms with Gasteiger partial charge < -0.3 is 0 Å². The largest absolute Gasteiger partial charge is 0.284 e. The second kappa shape index (κ2) is 4.80. The lowest BCUT2D eigenvalue weighted by Gasteiger charge is -2.31. The summed E-state index contributed by atoms with van der Waals surface area (Å²) in [4.78, 5) is 0. The summed E-state index contributed by atoms with van der Waals surface area (Å²) in [5.41, 5.74) is 0.466. The molecule has 0 aromatic heterocycles. The minimum absolute atomic E-state index is 0.466. The Morgan fingerprint density at radius 1 is 1.12 bits per heavy atom. The quantitative estimate of drug-likeness (QED) is 0.747. The summed E-state index contributed by atoms with van der Waals surface area (Å²) in [5.74, 6) is 0. The normalized spacial score (nSPS) is 11.8. The molecule has 0 atom stereocenters. The fourth-order valence-corrected chi connectivity index (χ4v) is 3.91. The average molecular weight is 237 g/mol. The molecule has 0 unspecified atom stereocenters. The molecule has 5 heteroatoms. The summed E-state index contributed by atoms with van der Waals surface area (Å²) in [6.45, 7) is 0. The third-order valence-electron chi connectivity index (χ3n) is 2.42. The molecule has 0 fully saturated rings. The van der Waals surface area contributed by atoms with Crippen LogP contribution in [-0.4, -0.2) is 37.5 Å². The third kappa shape index (κ3) is 2.03. The molecule has 0 aliphatic rings. The molecule has 0 saturated heterocycles. The van der Waals surface area contributed by atoms with Crippen LogP contribution in [0.3, 0.4) is 0 Å². The van der Waals surface area contributed by atoms with Crippen LogP contribution in [0.5, 0.6) is 0 Å². The predicted molar refractivity (Wildman–Crippen MR) is 65.8 cm³/mol. The van der Waals surface area contributed by atoms with Crippen LogP contribution in [0.1, 0.15) is 5.56 Å². The molecule has 86 valence electrons. The highest BCUT2D eigenvalue weighted by Crippen LogP contribution is 2.48. The number of benzene rings is 1. The molecule has 0 radical (unpaired) electrons. The summed E-state index contributed by atoms with van der Waals surface area (Å²) >= 11 is 0. The van der Waals surface area contributed by atoms with E-state index in [9.17, 15) is 4.57 Å². The molecular formula is C11H16N3OP. The van der Waals surface area contributed by atoms with Crippen LogP contribution in [0.4, 0.5) is 0 Å². The Labute approximate surface area is 96.6 Å². The third-order valence-corrected chi connectivity index (χ3v) is 5.61. The molecule has 0 amide bonds. The van der Waals surface area contributed by atoms with E-state index in [1.165, 1.54) is 0 Å². The van der Waals surface area contributed by atoms with Gasteiger partial charge in [-0.2, -0.15) is 5.26 Å². The minimum Gasteiger partial charge on any atom is -0.284 e. The van der Waals surface area contributed by atoms with Crippen LogP contribution in [0.2, 0.25) is 0 Å². The van der Waals surface area contributed by atoms with E-state index in [-0.39, 0.29) is 0 Å². The molecule has 0 aliphatic carbocycles. The molecule has 1 rings (SSSR count). The van der Waals surface area contributed by atoms with Gasteiger partial charge in [0.2, 0.25) is 7.44 Å². The van der Waals surface area contributed by atoms with Gasteiger partial charge in [-0.25, -0.2) is 9.34 Å². The second-order valence-corrected chi connectivity index (χ2v) is 7.04. The van der Waals surface area contributed by atoms with Crippen molar-refractivity contribution in [3.8, 4) is 6.07 Å². The molecule has 4 nitrogen and oxygen atoms in total. The first-order chi connectivity index (χ1) is 7.44. The zero-order valence-corrected chi connectivity index (χ0v) is 10.9. The Hall–Kier alpha value is -1.14. The van der Waals surface area contributed by atoms with Gasteiger partial charge in [0.05, 0.1) is 10.9 Å². The Balaban J connectivity index is 3.46. The molecule has 0 bridgehead atoms. The predicted octanol–water partition coefficient (Wildman–Crippen LogP) is 1.50. The van der Waals surface area contributed by atoms with Crippen molar-refractivity contribution >= 4 is 12.7 Å². The summed E-state index contributed by atoms with van der Waals surface area (Å²) in [7, 11) is 4.21. The fraction of sp³-hybridized carbons (Fsp3) is 0.364. The van der Waals surface area contributed by atoms with E-state index in [0.717, 1.165) is 0 Å². The second-order valence-electron chi connectivity index (χ2n) is 3.87. The van der Waals surface area contributed by atoms with Crippen molar-refractivity contribution < 1.29 is 4.57 Å². The van der Waals surface area contributed by atoms with Gasteiger partial charge in [0, 0.05) is 0 Å². The van der Waals surface area contributed by atoms with E-state index < -0.39 is 7.44 Å². The van der Waals surface area contributed by atoms with Gasteiger partial charge in [-0.1, -0.05) is 12.1 Å². The van der Waals surface area contributed by atoms with Crippen molar-refractivity contribution in [1.29, 1.82) is 5.26 Å². The van der Waals surface area contributed by atoms with Gasteiger partial charge in [-0.05, 0) is 40.3 Å². The molecule has 0 saturated carbocycles. The van der Waals surface area contributed by atoms with E-state index in [0.29, 0.717) is 10.9 Å². The highest BCUT2D eigenvalue weighted by atomic mass is 31.2. The number of rotatable bonds is 3. The molecule has 0 aliphatic heterocycles. The summed E-state index contributed by atoms with van der Waals surface area (Å²) in [6.07, 6.45) is 0. The first-order valence-electron chi connectivity index (χ1n) is 4.90. The first-order valence-corrected chi connectivity index (χ1v) is 6.51. The Morgan fingerprint density at radius 2 is 1.62 bits per heavy atom. The van der Waals surface area contributed by atoms with E-state index >= 15 is 0 Å². The Kier molecular flexibility index (Phi) is 3.88. The number of hydrogen-bond donors (Lipinski definition) is 0. The van der Waals surface area contributed by atoms with Crippen LogP contribution < -0.4 is 5.30 Å². The molecule has 1 aromatic carbocycles. The van der Waals surface area contributed by atoms with E-state index in [1.807, 2.05) is 0 Å². The summed E-state index contributed by atoms with van der Waals surface area (Å²) in [6, 6.07) is 9.10. The number of nitrogens with zero attached hydrogens (tertiary/aromatic N) is 3. The van der Waals surface area contributed by atoms with Crippen LogP contribution in [0.25, 0.3) is 0 Å². The highest BCUT2D eigenvalue weighted by molar-refractivity contribution is 7.67. The van der Waals surface area contributed by atoms with E-state index in [2.05, 4.69) is 6.07 Å². The topological polar surface area (TPSA) is 47.3 Å². The summed E-state index contributed by atoms with van der Waals surface area (Å²) in [5, 5.41) is 9.63. The van der Waals surface area contributed by atoms with E-state index in [1.54, 1.807) is 61.8 Å².